The predicted molar refractivity (Wildman–Crippen MR) is 73.1 cm³/mol. The number of hydrogen-bond acceptors (Lipinski definition) is 4. The second-order valence-corrected chi connectivity index (χ2v) is 5.50. The molecule has 0 atom stereocenters. The molecule has 0 aliphatic heterocycles. The number of aromatic nitrogens is 1. The Balaban J connectivity index is 1.72. The Morgan fingerprint density at radius 1 is 1.53 bits per heavy atom. The highest BCUT2D eigenvalue weighted by Gasteiger charge is 2.18. The number of nitrogens with zero attached hydrogens (tertiary/aromatic N) is 1. The van der Waals surface area contributed by atoms with Crippen molar-refractivity contribution in [3.63, 3.8) is 0 Å². The molecule has 0 radical (unpaired) electrons. The smallest absolute Gasteiger partial charge is 0.226 e. The number of rotatable bonds is 3. The molecule has 0 aromatic carbocycles. The molecule has 2 N–H and O–H groups in total. The summed E-state index contributed by atoms with van der Waals surface area (Å²) < 4.78 is 0. The van der Waals surface area contributed by atoms with Crippen molar-refractivity contribution in [2.75, 3.05) is 5.32 Å². The molecule has 1 amide bonds. The summed E-state index contributed by atoms with van der Waals surface area (Å²) in [6.45, 7) is 0. The fourth-order valence-corrected chi connectivity index (χ4v) is 2.88. The van der Waals surface area contributed by atoms with Crippen LogP contribution in [0.15, 0.2) is 11.6 Å². The average molecular weight is 269 g/mol. The molecule has 0 spiro atoms. The lowest BCUT2D eigenvalue weighted by molar-refractivity contribution is -0.120. The van der Waals surface area contributed by atoms with Crippen LogP contribution in [-0.4, -0.2) is 16.0 Å². The first kappa shape index (κ1) is 12.4. The second kappa shape index (κ2) is 6.07. The number of anilines is 1. The van der Waals surface area contributed by atoms with E-state index >= 15 is 0 Å². The van der Waals surface area contributed by atoms with Gasteiger partial charge in [0.05, 0.1) is 0 Å². The summed E-state index contributed by atoms with van der Waals surface area (Å²) in [7, 11) is 0. The fourth-order valence-electron chi connectivity index (χ4n) is 2.07. The van der Waals surface area contributed by atoms with Crippen LogP contribution in [0.4, 0.5) is 5.13 Å². The van der Waals surface area contributed by atoms with Crippen molar-refractivity contribution in [3.05, 3.63) is 11.6 Å². The monoisotopic (exact) mass is 269 g/mol. The number of hydrogen-bond donors (Lipinski definition) is 2. The van der Waals surface area contributed by atoms with Crippen LogP contribution < -0.4 is 10.6 Å². The van der Waals surface area contributed by atoms with Crippen LogP contribution >= 0.6 is 23.6 Å². The number of thiocarbonyl (C=S) groups is 1. The zero-order valence-electron chi connectivity index (χ0n) is 9.44. The maximum Gasteiger partial charge on any atom is 0.226 e. The van der Waals surface area contributed by atoms with Gasteiger partial charge in [0.2, 0.25) is 5.91 Å². The van der Waals surface area contributed by atoms with E-state index in [0.29, 0.717) is 22.6 Å². The Morgan fingerprint density at radius 2 is 2.29 bits per heavy atom. The first-order valence-electron chi connectivity index (χ1n) is 5.74. The Bertz CT molecular complexity index is 385. The van der Waals surface area contributed by atoms with Gasteiger partial charge in [-0.1, -0.05) is 12.8 Å². The van der Waals surface area contributed by atoms with Gasteiger partial charge in [-0.15, -0.1) is 11.3 Å². The quantitative estimate of drug-likeness (QED) is 0.828. The van der Waals surface area contributed by atoms with Crippen molar-refractivity contribution in [1.29, 1.82) is 0 Å². The average Bonchev–Trinajstić information content (AvgIpc) is 2.90. The maximum atomic E-state index is 11.7. The molecule has 92 valence electrons. The summed E-state index contributed by atoms with van der Waals surface area (Å²) in [5, 5.41) is 8.47. The molecule has 2 rings (SSSR count). The van der Waals surface area contributed by atoms with Crippen molar-refractivity contribution in [1.82, 2.24) is 10.3 Å². The predicted octanol–water partition coefficient (Wildman–Crippen LogP) is 2.54. The lowest BCUT2D eigenvalue weighted by atomic mass is 10.0. The van der Waals surface area contributed by atoms with Crippen LogP contribution in [0, 0.1) is 5.92 Å². The van der Waals surface area contributed by atoms with Crippen LogP contribution in [0.3, 0.4) is 0 Å². The largest absolute Gasteiger partial charge is 0.308 e. The molecular weight excluding hydrogens is 254 g/mol. The lowest BCUT2D eigenvalue weighted by Crippen LogP contribution is -2.34. The van der Waals surface area contributed by atoms with Crippen molar-refractivity contribution in [3.8, 4) is 0 Å². The van der Waals surface area contributed by atoms with Crippen LogP contribution in [-0.2, 0) is 4.79 Å². The van der Waals surface area contributed by atoms with E-state index < -0.39 is 0 Å². The van der Waals surface area contributed by atoms with Gasteiger partial charge >= 0.3 is 0 Å². The molecule has 6 heteroatoms. The Morgan fingerprint density at radius 3 is 2.94 bits per heavy atom. The van der Waals surface area contributed by atoms with Gasteiger partial charge < -0.3 is 10.6 Å². The molecule has 1 fully saturated rings. The zero-order chi connectivity index (χ0) is 12.1. The van der Waals surface area contributed by atoms with Gasteiger partial charge in [-0.2, -0.15) is 0 Å². The Hall–Kier alpha value is -1.01. The summed E-state index contributed by atoms with van der Waals surface area (Å²) in [5.41, 5.74) is 0. The normalized spacial score (nSPS) is 15.8. The molecule has 1 saturated carbocycles. The fraction of sp³-hybridized carbons (Fsp3) is 0.545. The molecule has 0 bridgehead atoms. The molecule has 0 saturated heterocycles. The Kier molecular flexibility index (Phi) is 4.44. The minimum absolute atomic E-state index is 0.00551. The Labute approximate surface area is 110 Å². The molecule has 1 aromatic heterocycles. The van der Waals surface area contributed by atoms with Gasteiger partial charge in [-0.25, -0.2) is 4.98 Å². The highest BCUT2D eigenvalue weighted by Crippen LogP contribution is 2.27. The molecular formula is C11H15N3OS2. The molecule has 4 nitrogen and oxygen atoms in total. The third-order valence-electron chi connectivity index (χ3n) is 2.85. The molecule has 1 aliphatic rings. The van der Waals surface area contributed by atoms with Gasteiger partial charge in [-0.05, 0) is 31.0 Å². The van der Waals surface area contributed by atoms with Crippen molar-refractivity contribution in [2.45, 2.75) is 32.1 Å². The first-order chi connectivity index (χ1) is 8.24. The van der Waals surface area contributed by atoms with Crippen molar-refractivity contribution >= 4 is 39.7 Å². The molecule has 1 aliphatic carbocycles. The van der Waals surface area contributed by atoms with Gasteiger partial charge in [0.25, 0.3) is 0 Å². The summed E-state index contributed by atoms with van der Waals surface area (Å²) in [6.07, 6.45) is 7.11. The van der Waals surface area contributed by atoms with E-state index in [0.717, 1.165) is 0 Å². The van der Waals surface area contributed by atoms with E-state index in [1.807, 2.05) is 5.38 Å². The third-order valence-corrected chi connectivity index (χ3v) is 3.75. The number of thiazole rings is 1. The van der Waals surface area contributed by atoms with E-state index in [9.17, 15) is 4.79 Å². The molecule has 1 aromatic rings. The highest BCUT2D eigenvalue weighted by atomic mass is 32.1. The minimum Gasteiger partial charge on any atom is -0.308 e. The molecule has 1 heterocycles. The lowest BCUT2D eigenvalue weighted by Gasteiger charge is -2.10. The van der Waals surface area contributed by atoms with E-state index in [-0.39, 0.29) is 5.91 Å². The second-order valence-electron chi connectivity index (χ2n) is 4.19. The topological polar surface area (TPSA) is 54.0 Å². The van der Waals surface area contributed by atoms with Crippen LogP contribution in [0.5, 0.6) is 0 Å². The van der Waals surface area contributed by atoms with Crippen LogP contribution in [0.25, 0.3) is 0 Å². The van der Waals surface area contributed by atoms with Gasteiger partial charge in [-0.3, -0.25) is 4.79 Å². The minimum atomic E-state index is 0.00551. The maximum absolute atomic E-state index is 11.7. The van der Waals surface area contributed by atoms with E-state index in [4.69, 9.17) is 12.2 Å². The van der Waals surface area contributed by atoms with E-state index in [1.165, 1.54) is 37.0 Å². The summed E-state index contributed by atoms with van der Waals surface area (Å²) in [4.78, 5) is 15.7. The SMILES string of the molecule is O=C(CC1CCCC1)NC(=S)Nc1nccs1. The van der Waals surface area contributed by atoms with E-state index in [2.05, 4.69) is 15.6 Å². The van der Waals surface area contributed by atoms with Crippen LogP contribution in [0.2, 0.25) is 0 Å². The summed E-state index contributed by atoms with van der Waals surface area (Å²) in [5.74, 6) is 0.545. The van der Waals surface area contributed by atoms with E-state index in [1.54, 1.807) is 6.20 Å². The van der Waals surface area contributed by atoms with Gasteiger partial charge in [0.15, 0.2) is 10.2 Å². The first-order valence-corrected chi connectivity index (χ1v) is 7.03. The van der Waals surface area contributed by atoms with Gasteiger partial charge in [0, 0.05) is 18.0 Å². The zero-order valence-corrected chi connectivity index (χ0v) is 11.1. The van der Waals surface area contributed by atoms with Crippen LogP contribution in [0.1, 0.15) is 32.1 Å². The summed E-state index contributed by atoms with van der Waals surface area (Å²) in [6, 6.07) is 0. The summed E-state index contributed by atoms with van der Waals surface area (Å²) >= 11 is 6.49. The highest BCUT2D eigenvalue weighted by molar-refractivity contribution is 7.80. The van der Waals surface area contributed by atoms with Crippen molar-refractivity contribution in [2.24, 2.45) is 5.92 Å². The number of carbonyl (C=O) groups excluding carboxylic acids is 1. The standard InChI is InChI=1S/C11H15N3OS2/c15-9(7-8-3-1-2-4-8)13-10(16)14-11-12-5-6-17-11/h5-6,8H,1-4,7H2,(H2,12,13,14,15,16). The number of carbonyl (C=O) groups is 1. The van der Waals surface area contributed by atoms with Gasteiger partial charge in [0.1, 0.15) is 0 Å². The van der Waals surface area contributed by atoms with Crippen molar-refractivity contribution < 1.29 is 4.79 Å². The molecule has 0 unspecified atom stereocenters. The molecule has 17 heavy (non-hydrogen) atoms. The number of nitrogens with one attached hydrogen (secondary N) is 2. The third kappa shape index (κ3) is 4.05. The number of amides is 1.